The monoisotopic (exact) mass is 237 g/mol. The number of nitrogens with zero attached hydrogens (tertiary/aromatic N) is 1. The number of benzene rings is 1. The Kier molecular flexibility index (Phi) is 2.84. The molecule has 1 aromatic rings. The summed E-state index contributed by atoms with van der Waals surface area (Å²) in [5, 5.41) is 8.81. The number of halogens is 1. The summed E-state index contributed by atoms with van der Waals surface area (Å²) in [4.78, 5) is 11.1. The van der Waals surface area contributed by atoms with Gasteiger partial charge in [0.15, 0.2) is 5.78 Å². The zero-order valence-electron chi connectivity index (χ0n) is 7.39. The summed E-state index contributed by atoms with van der Waals surface area (Å²) in [6.07, 6.45) is 0. The van der Waals surface area contributed by atoms with Gasteiger partial charge in [0.05, 0.1) is 5.56 Å². The van der Waals surface area contributed by atoms with Gasteiger partial charge < -0.3 is 0 Å². The van der Waals surface area contributed by atoms with Crippen molar-refractivity contribution in [3.05, 3.63) is 33.3 Å². The predicted molar refractivity (Wildman–Crippen MR) is 53.6 cm³/mol. The molecule has 0 aromatic heterocycles. The molecule has 0 saturated heterocycles. The molecule has 0 N–H and O–H groups in total. The van der Waals surface area contributed by atoms with Gasteiger partial charge in [-0.25, -0.2) is 0 Å². The van der Waals surface area contributed by atoms with E-state index in [9.17, 15) is 4.79 Å². The summed E-state index contributed by atoms with van der Waals surface area (Å²) in [5.41, 5.74) is 1.89. The Hall–Kier alpha value is -1.14. The number of Topliss-reactive ketones (excluding diaryl/α,β-unsaturated/α-hetero) is 1. The quantitative estimate of drug-likeness (QED) is 0.706. The van der Waals surface area contributed by atoms with Gasteiger partial charge >= 0.3 is 0 Å². The lowest BCUT2D eigenvalue weighted by Crippen LogP contribution is -1.98. The van der Waals surface area contributed by atoms with Gasteiger partial charge in [-0.2, -0.15) is 5.26 Å². The van der Waals surface area contributed by atoms with E-state index in [0.29, 0.717) is 11.1 Å². The van der Waals surface area contributed by atoms with Crippen LogP contribution in [-0.2, 0) is 0 Å². The molecule has 0 saturated carbocycles. The number of hydrogen-bond donors (Lipinski definition) is 0. The van der Waals surface area contributed by atoms with Crippen molar-refractivity contribution in [2.45, 2.75) is 13.8 Å². The smallest absolute Gasteiger partial charge is 0.160 e. The van der Waals surface area contributed by atoms with Crippen LogP contribution in [0, 0.1) is 18.3 Å². The van der Waals surface area contributed by atoms with E-state index < -0.39 is 0 Å². The van der Waals surface area contributed by atoms with Crippen molar-refractivity contribution in [2.24, 2.45) is 0 Å². The molecule has 0 radical (unpaired) electrons. The van der Waals surface area contributed by atoms with E-state index in [1.807, 2.05) is 0 Å². The van der Waals surface area contributed by atoms with Crippen molar-refractivity contribution in [1.29, 1.82) is 5.26 Å². The Morgan fingerprint density at radius 1 is 1.54 bits per heavy atom. The van der Waals surface area contributed by atoms with Gasteiger partial charge in [0, 0.05) is 10.0 Å². The number of rotatable bonds is 1. The number of carbonyl (C=O) groups is 1. The first-order valence-corrected chi connectivity index (χ1v) is 4.57. The van der Waals surface area contributed by atoms with Gasteiger partial charge in [0.1, 0.15) is 6.07 Å². The highest BCUT2D eigenvalue weighted by Gasteiger charge is 2.10. The molecule has 0 spiro atoms. The molecule has 1 aromatic carbocycles. The fraction of sp³-hybridized carbons (Fsp3) is 0.200. The zero-order valence-corrected chi connectivity index (χ0v) is 8.97. The Morgan fingerprint density at radius 3 is 2.62 bits per heavy atom. The topological polar surface area (TPSA) is 40.9 Å². The maximum Gasteiger partial charge on any atom is 0.160 e. The second-order valence-corrected chi connectivity index (χ2v) is 3.62. The standard InChI is InChI=1S/C10H8BrNO/c1-6-8(7(2)13)3-4-10(11)9(6)5-12/h3-4H,1-2H3. The lowest BCUT2D eigenvalue weighted by molar-refractivity contribution is 0.101. The molecule has 0 aliphatic rings. The SMILES string of the molecule is CC(=O)c1ccc(Br)c(C#N)c1C. The molecule has 0 aliphatic heterocycles. The molecule has 0 fully saturated rings. The molecule has 0 unspecified atom stereocenters. The minimum absolute atomic E-state index is 0.0125. The molecule has 0 aliphatic carbocycles. The van der Waals surface area contributed by atoms with E-state index in [1.54, 1.807) is 19.1 Å². The molecule has 3 heteroatoms. The molecule has 1 rings (SSSR count). The van der Waals surface area contributed by atoms with Crippen molar-refractivity contribution in [3.8, 4) is 6.07 Å². The summed E-state index contributed by atoms with van der Waals surface area (Å²) in [6.45, 7) is 3.28. The Labute approximate surface area is 85.3 Å². The van der Waals surface area contributed by atoms with Gasteiger partial charge in [0.25, 0.3) is 0 Å². The maximum absolute atomic E-state index is 11.1. The van der Waals surface area contributed by atoms with Crippen LogP contribution in [0.15, 0.2) is 16.6 Å². The third kappa shape index (κ3) is 1.78. The van der Waals surface area contributed by atoms with E-state index in [1.165, 1.54) is 6.92 Å². The highest BCUT2D eigenvalue weighted by atomic mass is 79.9. The molecule has 66 valence electrons. The van der Waals surface area contributed by atoms with Gasteiger partial charge in [-0.3, -0.25) is 4.79 Å². The van der Waals surface area contributed by atoms with E-state index in [2.05, 4.69) is 22.0 Å². The Bertz CT molecular complexity index is 404. The Morgan fingerprint density at radius 2 is 2.15 bits per heavy atom. The Balaban J connectivity index is 3.47. The van der Waals surface area contributed by atoms with Crippen molar-refractivity contribution < 1.29 is 4.79 Å². The number of hydrogen-bond acceptors (Lipinski definition) is 2. The van der Waals surface area contributed by atoms with E-state index in [4.69, 9.17) is 5.26 Å². The molecule has 2 nitrogen and oxygen atoms in total. The summed E-state index contributed by atoms with van der Waals surface area (Å²) in [7, 11) is 0. The van der Waals surface area contributed by atoms with Crippen LogP contribution >= 0.6 is 15.9 Å². The van der Waals surface area contributed by atoms with Crippen LogP contribution in [0.3, 0.4) is 0 Å². The van der Waals surface area contributed by atoms with Crippen LogP contribution in [0.25, 0.3) is 0 Å². The highest BCUT2D eigenvalue weighted by Crippen LogP contribution is 2.22. The maximum atomic E-state index is 11.1. The number of carbonyl (C=O) groups excluding carboxylic acids is 1. The summed E-state index contributed by atoms with van der Waals surface area (Å²) >= 11 is 3.26. The van der Waals surface area contributed by atoms with Gasteiger partial charge in [-0.15, -0.1) is 0 Å². The van der Waals surface area contributed by atoms with Crippen LogP contribution in [0.4, 0.5) is 0 Å². The second-order valence-electron chi connectivity index (χ2n) is 2.76. The lowest BCUT2D eigenvalue weighted by atomic mass is 10.0. The van der Waals surface area contributed by atoms with E-state index in [-0.39, 0.29) is 5.78 Å². The van der Waals surface area contributed by atoms with Gasteiger partial charge in [-0.05, 0) is 47.5 Å². The average Bonchev–Trinajstić information content (AvgIpc) is 2.04. The molecule has 0 amide bonds. The molecular weight excluding hydrogens is 230 g/mol. The second kappa shape index (κ2) is 3.71. The van der Waals surface area contributed by atoms with Crippen LogP contribution < -0.4 is 0 Å². The first-order chi connectivity index (χ1) is 6.07. The fourth-order valence-electron chi connectivity index (χ4n) is 1.20. The molecule has 0 bridgehead atoms. The van der Waals surface area contributed by atoms with Crippen LogP contribution in [0.2, 0.25) is 0 Å². The average molecular weight is 238 g/mol. The van der Waals surface area contributed by atoms with Crippen molar-refractivity contribution in [3.63, 3.8) is 0 Å². The van der Waals surface area contributed by atoms with Crippen LogP contribution in [0.5, 0.6) is 0 Å². The summed E-state index contributed by atoms with van der Waals surface area (Å²) < 4.78 is 0.734. The third-order valence-electron chi connectivity index (χ3n) is 1.91. The lowest BCUT2D eigenvalue weighted by Gasteiger charge is -2.04. The zero-order chi connectivity index (χ0) is 10.0. The van der Waals surface area contributed by atoms with Crippen molar-refractivity contribution in [1.82, 2.24) is 0 Å². The molecule has 0 atom stereocenters. The van der Waals surface area contributed by atoms with E-state index in [0.717, 1.165) is 10.0 Å². The predicted octanol–water partition coefficient (Wildman–Crippen LogP) is 2.83. The number of ketones is 1. The largest absolute Gasteiger partial charge is 0.295 e. The first kappa shape index (κ1) is 9.94. The molecular formula is C10H8BrNO. The van der Waals surface area contributed by atoms with Gasteiger partial charge in [-0.1, -0.05) is 0 Å². The van der Waals surface area contributed by atoms with Crippen LogP contribution in [-0.4, -0.2) is 5.78 Å². The highest BCUT2D eigenvalue weighted by molar-refractivity contribution is 9.10. The van der Waals surface area contributed by atoms with Crippen LogP contribution in [0.1, 0.15) is 28.4 Å². The fourth-order valence-corrected chi connectivity index (χ4v) is 1.72. The van der Waals surface area contributed by atoms with Crippen molar-refractivity contribution >= 4 is 21.7 Å². The molecule has 0 heterocycles. The summed E-state index contributed by atoms with van der Waals surface area (Å²) in [5.74, 6) is -0.0125. The summed E-state index contributed by atoms with van der Waals surface area (Å²) in [6, 6.07) is 5.51. The molecule has 13 heavy (non-hydrogen) atoms. The minimum atomic E-state index is -0.0125. The van der Waals surface area contributed by atoms with E-state index >= 15 is 0 Å². The minimum Gasteiger partial charge on any atom is -0.295 e. The first-order valence-electron chi connectivity index (χ1n) is 3.78. The van der Waals surface area contributed by atoms with Gasteiger partial charge in [0.2, 0.25) is 0 Å². The number of nitriles is 1. The van der Waals surface area contributed by atoms with Crippen molar-refractivity contribution in [2.75, 3.05) is 0 Å². The third-order valence-corrected chi connectivity index (χ3v) is 2.57. The normalized spacial score (nSPS) is 9.38.